The number of nitrogens with zero attached hydrogens (tertiary/aromatic N) is 1. The number of rotatable bonds is 5. The van der Waals surface area contributed by atoms with Gasteiger partial charge in [0, 0.05) is 23.9 Å². The molecule has 1 aliphatic rings. The zero-order valence-corrected chi connectivity index (χ0v) is 15.9. The van der Waals surface area contributed by atoms with Crippen LogP contribution in [0.1, 0.15) is 49.0 Å². The van der Waals surface area contributed by atoms with Gasteiger partial charge in [-0.05, 0) is 64.4 Å². The van der Waals surface area contributed by atoms with Crippen molar-refractivity contribution in [3.8, 4) is 0 Å². The van der Waals surface area contributed by atoms with Crippen molar-refractivity contribution in [3.05, 3.63) is 29.3 Å². The maximum atomic E-state index is 12.5. The highest BCUT2D eigenvalue weighted by Gasteiger charge is 2.28. The zero-order valence-electron chi connectivity index (χ0n) is 15.1. The van der Waals surface area contributed by atoms with Crippen molar-refractivity contribution in [1.82, 2.24) is 10.2 Å². The molecular formula is C18H28N2O3S. The van der Waals surface area contributed by atoms with Crippen LogP contribution in [0.15, 0.2) is 23.1 Å². The molecule has 5 nitrogen and oxygen atoms in total. The van der Waals surface area contributed by atoms with Crippen LogP contribution in [0, 0.1) is 6.92 Å². The lowest BCUT2D eigenvalue weighted by molar-refractivity contribution is 0.0797. The average Bonchev–Trinajstić information content (AvgIpc) is 2.53. The van der Waals surface area contributed by atoms with Gasteiger partial charge in [-0.1, -0.05) is 12.5 Å². The summed E-state index contributed by atoms with van der Waals surface area (Å²) in [5.41, 5.74) is 1.08. The first-order valence-electron chi connectivity index (χ1n) is 8.45. The molecule has 1 N–H and O–H groups in total. The Hall–Kier alpha value is -1.40. The molecule has 0 atom stereocenters. The molecule has 1 fully saturated rings. The van der Waals surface area contributed by atoms with Crippen molar-refractivity contribution in [1.29, 1.82) is 0 Å². The SMILES string of the molecule is Cc1ccc(S(C)(=O)=O)cc1C(=O)NCC(C)(C)N1CCCCC1. The van der Waals surface area contributed by atoms with E-state index in [9.17, 15) is 13.2 Å². The van der Waals surface area contributed by atoms with Gasteiger partial charge in [-0.25, -0.2) is 8.42 Å². The molecule has 0 radical (unpaired) electrons. The topological polar surface area (TPSA) is 66.5 Å². The number of hydrogen-bond acceptors (Lipinski definition) is 4. The predicted octanol–water partition coefficient (Wildman–Crippen LogP) is 2.39. The summed E-state index contributed by atoms with van der Waals surface area (Å²) in [6, 6.07) is 4.69. The van der Waals surface area contributed by atoms with Gasteiger partial charge < -0.3 is 5.32 Å². The first-order valence-corrected chi connectivity index (χ1v) is 10.3. The van der Waals surface area contributed by atoms with Crippen LogP contribution < -0.4 is 5.32 Å². The van der Waals surface area contributed by atoms with Gasteiger partial charge in [-0.2, -0.15) is 0 Å². The molecule has 1 aromatic carbocycles. The Balaban J connectivity index is 2.09. The van der Waals surface area contributed by atoms with Crippen LogP contribution in [0.5, 0.6) is 0 Å². The molecular weight excluding hydrogens is 324 g/mol. The highest BCUT2D eigenvalue weighted by molar-refractivity contribution is 7.90. The highest BCUT2D eigenvalue weighted by atomic mass is 32.2. The summed E-state index contributed by atoms with van der Waals surface area (Å²) in [5, 5.41) is 2.98. The van der Waals surface area contributed by atoms with Crippen LogP contribution in [-0.4, -0.2) is 50.7 Å². The maximum absolute atomic E-state index is 12.5. The monoisotopic (exact) mass is 352 g/mol. The smallest absolute Gasteiger partial charge is 0.251 e. The number of nitrogens with one attached hydrogen (secondary N) is 1. The van der Waals surface area contributed by atoms with E-state index < -0.39 is 9.84 Å². The van der Waals surface area contributed by atoms with Gasteiger partial charge in [0.2, 0.25) is 0 Å². The largest absolute Gasteiger partial charge is 0.350 e. The molecule has 0 aliphatic carbocycles. The summed E-state index contributed by atoms with van der Waals surface area (Å²) in [7, 11) is -3.32. The lowest BCUT2D eigenvalue weighted by Crippen LogP contribution is -2.53. The Labute approximate surface area is 145 Å². The van der Waals surface area contributed by atoms with Crippen LogP contribution in [0.3, 0.4) is 0 Å². The second-order valence-electron chi connectivity index (χ2n) is 7.29. The van der Waals surface area contributed by atoms with E-state index in [-0.39, 0.29) is 16.3 Å². The molecule has 1 aliphatic heterocycles. The van der Waals surface area contributed by atoms with Gasteiger partial charge in [-0.15, -0.1) is 0 Å². The minimum absolute atomic E-state index is 0.113. The Bertz CT molecular complexity index is 705. The third kappa shape index (κ3) is 4.57. The molecule has 0 saturated carbocycles. The van der Waals surface area contributed by atoms with Crippen molar-refractivity contribution in [2.24, 2.45) is 0 Å². The number of sulfone groups is 1. The van der Waals surface area contributed by atoms with Crippen molar-refractivity contribution >= 4 is 15.7 Å². The summed E-state index contributed by atoms with van der Waals surface area (Å²) in [6.45, 7) is 8.75. The van der Waals surface area contributed by atoms with E-state index in [1.54, 1.807) is 12.1 Å². The molecule has 1 aromatic rings. The van der Waals surface area contributed by atoms with Crippen molar-refractivity contribution in [2.45, 2.75) is 50.5 Å². The molecule has 6 heteroatoms. The number of likely N-dealkylation sites (tertiary alicyclic amines) is 1. The van der Waals surface area contributed by atoms with Crippen LogP contribution in [0.2, 0.25) is 0 Å². The number of hydrogen-bond donors (Lipinski definition) is 1. The molecule has 24 heavy (non-hydrogen) atoms. The Morgan fingerprint density at radius 3 is 2.42 bits per heavy atom. The van der Waals surface area contributed by atoms with Gasteiger partial charge in [0.05, 0.1) is 4.90 Å². The lowest BCUT2D eigenvalue weighted by atomic mass is 9.98. The van der Waals surface area contributed by atoms with Crippen LogP contribution in [-0.2, 0) is 9.84 Å². The minimum atomic E-state index is -3.32. The summed E-state index contributed by atoms with van der Waals surface area (Å²) in [6.07, 6.45) is 4.83. The standard InChI is InChI=1S/C18H28N2O3S/c1-14-8-9-15(24(4,22)23)12-16(14)17(21)19-13-18(2,3)20-10-6-5-7-11-20/h8-9,12H,5-7,10-11,13H2,1-4H3,(H,19,21). The van der Waals surface area contributed by atoms with Gasteiger partial charge in [-0.3, -0.25) is 9.69 Å². The minimum Gasteiger partial charge on any atom is -0.350 e. The fraction of sp³-hybridized carbons (Fsp3) is 0.611. The fourth-order valence-corrected chi connectivity index (χ4v) is 3.73. The Morgan fingerprint density at radius 1 is 1.21 bits per heavy atom. The summed E-state index contributed by atoms with van der Waals surface area (Å²) in [5.74, 6) is -0.219. The molecule has 0 spiro atoms. The third-order valence-electron chi connectivity index (χ3n) is 4.78. The van der Waals surface area contributed by atoms with Crippen molar-refractivity contribution < 1.29 is 13.2 Å². The average molecular weight is 353 g/mol. The van der Waals surface area contributed by atoms with Crippen molar-refractivity contribution in [3.63, 3.8) is 0 Å². The van der Waals surface area contributed by atoms with E-state index in [1.807, 2.05) is 6.92 Å². The normalized spacial score (nSPS) is 16.8. The van der Waals surface area contributed by atoms with Crippen molar-refractivity contribution in [2.75, 3.05) is 25.9 Å². The molecule has 1 amide bonds. The van der Waals surface area contributed by atoms with E-state index in [2.05, 4.69) is 24.1 Å². The second-order valence-corrected chi connectivity index (χ2v) is 9.31. The van der Waals surface area contributed by atoms with E-state index in [0.29, 0.717) is 12.1 Å². The van der Waals surface area contributed by atoms with Gasteiger partial charge in [0.25, 0.3) is 5.91 Å². The molecule has 0 unspecified atom stereocenters. The van der Waals surface area contributed by atoms with Gasteiger partial charge in [0.15, 0.2) is 9.84 Å². The third-order valence-corrected chi connectivity index (χ3v) is 5.89. The Morgan fingerprint density at radius 2 is 1.83 bits per heavy atom. The number of piperidine rings is 1. The zero-order chi connectivity index (χ0) is 18.0. The van der Waals surface area contributed by atoms with Crippen LogP contribution in [0.25, 0.3) is 0 Å². The van der Waals surface area contributed by atoms with E-state index in [0.717, 1.165) is 24.9 Å². The van der Waals surface area contributed by atoms with Crippen LogP contribution in [0.4, 0.5) is 0 Å². The lowest BCUT2D eigenvalue weighted by Gasteiger charge is -2.41. The van der Waals surface area contributed by atoms with Crippen LogP contribution >= 0.6 is 0 Å². The van der Waals surface area contributed by atoms with Gasteiger partial charge in [0.1, 0.15) is 0 Å². The molecule has 1 heterocycles. The summed E-state index contributed by atoms with van der Waals surface area (Å²) in [4.78, 5) is 15.1. The molecule has 0 aromatic heterocycles. The number of carbonyl (C=O) groups is 1. The van der Waals surface area contributed by atoms with E-state index >= 15 is 0 Å². The number of benzene rings is 1. The maximum Gasteiger partial charge on any atom is 0.251 e. The fourth-order valence-electron chi connectivity index (χ4n) is 3.08. The first-order chi connectivity index (χ1) is 11.1. The number of amides is 1. The second kappa shape index (κ2) is 7.23. The summed E-state index contributed by atoms with van der Waals surface area (Å²) < 4.78 is 23.4. The molecule has 134 valence electrons. The quantitative estimate of drug-likeness (QED) is 0.884. The number of carbonyl (C=O) groups excluding carboxylic acids is 1. The van der Waals surface area contributed by atoms with Gasteiger partial charge >= 0.3 is 0 Å². The molecule has 0 bridgehead atoms. The molecule has 1 saturated heterocycles. The number of aryl methyl sites for hydroxylation is 1. The van der Waals surface area contributed by atoms with E-state index in [4.69, 9.17) is 0 Å². The summed E-state index contributed by atoms with van der Waals surface area (Å²) >= 11 is 0. The van der Waals surface area contributed by atoms with E-state index in [1.165, 1.54) is 25.3 Å². The molecule has 2 rings (SSSR count). The predicted molar refractivity (Wildman–Crippen MR) is 96.1 cm³/mol. The Kier molecular flexibility index (Phi) is 5.71. The first kappa shape index (κ1) is 18.9. The highest BCUT2D eigenvalue weighted by Crippen LogP contribution is 2.20.